The predicted octanol–water partition coefficient (Wildman–Crippen LogP) is 6.17. The van der Waals surface area contributed by atoms with Gasteiger partial charge in [0.25, 0.3) is 0 Å². The van der Waals surface area contributed by atoms with Crippen LogP contribution in [0.4, 0.5) is 5.13 Å². The molecule has 35 heavy (non-hydrogen) atoms. The normalized spacial score (nSPS) is 22.4. The van der Waals surface area contributed by atoms with E-state index in [0.29, 0.717) is 18.4 Å². The molecule has 2 aromatic rings. The summed E-state index contributed by atoms with van der Waals surface area (Å²) in [6.45, 7) is 4.66. The minimum atomic E-state index is 0.241. The molecule has 6 heteroatoms. The summed E-state index contributed by atoms with van der Waals surface area (Å²) in [5.41, 5.74) is 8.20. The Morgan fingerprint density at radius 3 is 2.77 bits per heavy atom. The summed E-state index contributed by atoms with van der Waals surface area (Å²) in [4.78, 5) is 21.2. The van der Waals surface area contributed by atoms with Gasteiger partial charge in [-0.05, 0) is 93.6 Å². The van der Waals surface area contributed by atoms with Gasteiger partial charge in [0.2, 0.25) is 0 Å². The van der Waals surface area contributed by atoms with Crippen LogP contribution in [0.2, 0.25) is 0 Å². The van der Waals surface area contributed by atoms with Crippen molar-refractivity contribution in [2.45, 2.75) is 77.2 Å². The maximum Gasteiger partial charge on any atom is 0.180 e. The van der Waals surface area contributed by atoms with Gasteiger partial charge < -0.3 is 15.4 Å². The van der Waals surface area contributed by atoms with E-state index >= 15 is 0 Å². The number of carbonyl (C=O) groups is 1. The lowest BCUT2D eigenvalue weighted by atomic mass is 9.78. The molecule has 1 saturated carbocycles. The lowest BCUT2D eigenvalue weighted by Gasteiger charge is -2.36. The highest BCUT2D eigenvalue weighted by atomic mass is 32.1. The Labute approximate surface area is 214 Å². The van der Waals surface area contributed by atoms with Crippen molar-refractivity contribution in [3.63, 3.8) is 0 Å². The molecule has 4 rings (SSSR count). The average Bonchev–Trinajstić information content (AvgIpc) is 3.25. The smallest absolute Gasteiger partial charge is 0.180 e. The van der Waals surface area contributed by atoms with Crippen LogP contribution in [0, 0.1) is 11.8 Å². The Morgan fingerprint density at radius 1 is 1.20 bits per heavy atom. The number of nitrogens with two attached hydrogens (primary N) is 1. The van der Waals surface area contributed by atoms with Crippen molar-refractivity contribution in [3.05, 3.63) is 46.5 Å². The molecule has 0 saturated heterocycles. The molecule has 0 aliphatic heterocycles. The number of benzene rings is 1. The largest absolute Gasteiger partial charge is 0.497 e. The van der Waals surface area contributed by atoms with Crippen LogP contribution in [-0.4, -0.2) is 41.9 Å². The number of fused-ring (bicyclic) bond motifs is 1. The molecule has 5 nitrogen and oxygen atoms in total. The SMILES string of the molecule is CCCN(CCC1CCC(CC(=O)/C=C/c2cccc(OC)c2)CC1)[C@H]1CCc2nc(N)sc2C1. The van der Waals surface area contributed by atoms with E-state index in [1.54, 1.807) is 24.5 Å². The van der Waals surface area contributed by atoms with Crippen molar-refractivity contribution in [2.75, 3.05) is 25.9 Å². The second kappa shape index (κ2) is 12.7. The van der Waals surface area contributed by atoms with Crippen LogP contribution in [0.1, 0.15) is 74.4 Å². The molecule has 190 valence electrons. The van der Waals surface area contributed by atoms with Gasteiger partial charge in [-0.2, -0.15) is 0 Å². The van der Waals surface area contributed by atoms with E-state index in [0.717, 1.165) is 35.2 Å². The number of thiazole rings is 1. The minimum absolute atomic E-state index is 0.241. The number of carbonyl (C=O) groups excluding carboxylic acids is 1. The topological polar surface area (TPSA) is 68.5 Å². The fraction of sp³-hybridized carbons (Fsp3) is 0.586. The number of allylic oxidation sites excluding steroid dienone is 1. The highest BCUT2D eigenvalue weighted by Crippen LogP contribution is 2.34. The van der Waals surface area contributed by atoms with Crippen molar-refractivity contribution < 1.29 is 9.53 Å². The maximum absolute atomic E-state index is 12.5. The van der Waals surface area contributed by atoms with Crippen molar-refractivity contribution in [1.82, 2.24) is 9.88 Å². The average molecular weight is 496 g/mol. The highest BCUT2D eigenvalue weighted by molar-refractivity contribution is 7.15. The number of hydrogen-bond acceptors (Lipinski definition) is 6. The van der Waals surface area contributed by atoms with E-state index in [1.807, 2.05) is 30.3 Å². The summed E-state index contributed by atoms with van der Waals surface area (Å²) in [5, 5.41) is 0.726. The summed E-state index contributed by atoms with van der Waals surface area (Å²) in [7, 11) is 1.66. The lowest BCUT2D eigenvalue weighted by Crippen LogP contribution is -2.41. The molecule has 0 unspecified atom stereocenters. The van der Waals surface area contributed by atoms with Gasteiger partial charge in [0.1, 0.15) is 5.75 Å². The number of methoxy groups -OCH3 is 1. The number of aryl methyl sites for hydroxylation is 1. The van der Waals surface area contributed by atoms with Crippen molar-refractivity contribution in [2.24, 2.45) is 11.8 Å². The highest BCUT2D eigenvalue weighted by Gasteiger charge is 2.28. The van der Waals surface area contributed by atoms with Gasteiger partial charge in [-0.3, -0.25) is 4.79 Å². The van der Waals surface area contributed by atoms with Crippen molar-refractivity contribution in [3.8, 4) is 5.75 Å². The van der Waals surface area contributed by atoms with E-state index in [1.165, 1.54) is 68.6 Å². The van der Waals surface area contributed by atoms with Gasteiger partial charge in [-0.15, -0.1) is 11.3 Å². The van der Waals surface area contributed by atoms with Gasteiger partial charge in [-0.25, -0.2) is 4.98 Å². The molecule has 1 fully saturated rings. The second-order valence-electron chi connectivity index (χ2n) is 10.3. The van der Waals surface area contributed by atoms with Gasteiger partial charge in [0.15, 0.2) is 10.9 Å². The predicted molar refractivity (Wildman–Crippen MR) is 146 cm³/mol. The number of hydrogen-bond donors (Lipinski definition) is 1. The Hall–Kier alpha value is -2.18. The molecule has 1 atom stereocenters. The van der Waals surface area contributed by atoms with Crippen LogP contribution >= 0.6 is 11.3 Å². The third-order valence-corrected chi connectivity index (χ3v) is 8.74. The number of ketones is 1. The molecule has 2 aliphatic rings. The third-order valence-electron chi connectivity index (χ3n) is 7.79. The molecule has 0 bridgehead atoms. The molecule has 1 aromatic heterocycles. The van der Waals surface area contributed by atoms with Crippen LogP contribution in [0.5, 0.6) is 5.75 Å². The van der Waals surface area contributed by atoms with Crippen molar-refractivity contribution in [1.29, 1.82) is 0 Å². The molecule has 0 amide bonds. The maximum atomic E-state index is 12.5. The van der Waals surface area contributed by atoms with E-state index in [4.69, 9.17) is 10.5 Å². The van der Waals surface area contributed by atoms with E-state index in [-0.39, 0.29) is 5.78 Å². The number of nitrogens with zero attached hydrogens (tertiary/aromatic N) is 2. The quantitative estimate of drug-likeness (QED) is 0.377. The molecule has 0 spiro atoms. The summed E-state index contributed by atoms with van der Waals surface area (Å²) < 4.78 is 5.26. The molecular formula is C29H41N3O2S. The van der Waals surface area contributed by atoms with Crippen LogP contribution in [0.3, 0.4) is 0 Å². The number of anilines is 1. The Bertz CT molecular complexity index is 994. The molecule has 1 heterocycles. The monoisotopic (exact) mass is 495 g/mol. The van der Waals surface area contributed by atoms with E-state index in [2.05, 4.69) is 16.8 Å². The van der Waals surface area contributed by atoms with E-state index < -0.39 is 0 Å². The van der Waals surface area contributed by atoms with Crippen molar-refractivity contribution >= 4 is 28.3 Å². The Kier molecular flexibility index (Phi) is 9.38. The fourth-order valence-electron chi connectivity index (χ4n) is 5.81. The molecule has 2 N–H and O–H groups in total. The summed E-state index contributed by atoms with van der Waals surface area (Å²) >= 11 is 1.69. The minimum Gasteiger partial charge on any atom is -0.497 e. The van der Waals surface area contributed by atoms with Gasteiger partial charge in [-0.1, -0.05) is 38.0 Å². The standard InChI is InChI=1S/C29H41N3O2S/c1-3-16-32(24-12-14-27-28(20-24)35-29(30)31-27)17-15-21-7-9-23(10-8-21)18-25(33)13-11-22-5-4-6-26(19-22)34-2/h4-6,11,13,19,21,23-24H,3,7-10,12,14-18,20H2,1-2H3,(H2,30,31)/b13-11+/t21?,23?,24-/m0/s1. The third kappa shape index (κ3) is 7.40. The van der Waals surface area contributed by atoms with Gasteiger partial charge >= 0.3 is 0 Å². The first kappa shape index (κ1) is 25.9. The first-order chi connectivity index (χ1) is 17.0. The van der Waals surface area contributed by atoms with E-state index in [9.17, 15) is 4.79 Å². The lowest BCUT2D eigenvalue weighted by molar-refractivity contribution is -0.115. The molecular weight excluding hydrogens is 454 g/mol. The number of rotatable bonds is 11. The number of aromatic nitrogens is 1. The zero-order valence-electron chi connectivity index (χ0n) is 21.4. The zero-order chi connectivity index (χ0) is 24.6. The first-order valence-corrected chi connectivity index (χ1v) is 14.2. The zero-order valence-corrected chi connectivity index (χ0v) is 22.2. The first-order valence-electron chi connectivity index (χ1n) is 13.4. The Balaban J connectivity index is 1.19. The molecule has 0 radical (unpaired) electrons. The molecule has 1 aromatic carbocycles. The Morgan fingerprint density at radius 2 is 2.00 bits per heavy atom. The fourth-order valence-corrected chi connectivity index (χ4v) is 6.76. The van der Waals surface area contributed by atoms with Crippen LogP contribution in [0.15, 0.2) is 30.3 Å². The number of nitrogen functional groups attached to an aromatic ring is 1. The second-order valence-corrected chi connectivity index (χ2v) is 11.4. The molecule has 2 aliphatic carbocycles. The summed E-state index contributed by atoms with van der Waals surface area (Å²) in [6.07, 6.45) is 15.1. The summed E-state index contributed by atoms with van der Waals surface area (Å²) in [6, 6.07) is 8.45. The van der Waals surface area contributed by atoms with Crippen LogP contribution in [-0.2, 0) is 17.6 Å². The van der Waals surface area contributed by atoms with Crippen LogP contribution < -0.4 is 10.5 Å². The van der Waals surface area contributed by atoms with Gasteiger partial charge in [0.05, 0.1) is 12.8 Å². The van der Waals surface area contributed by atoms with Gasteiger partial charge in [0, 0.05) is 17.3 Å². The van der Waals surface area contributed by atoms with Crippen LogP contribution in [0.25, 0.3) is 6.08 Å². The summed E-state index contributed by atoms with van der Waals surface area (Å²) in [5.74, 6) is 2.39. The number of ether oxygens (including phenoxy) is 1.